The van der Waals surface area contributed by atoms with Crippen LogP contribution in [0, 0.1) is 17.1 Å². The summed E-state index contributed by atoms with van der Waals surface area (Å²) in [6.07, 6.45) is 0.497. The molecule has 1 aliphatic heterocycles. The molecule has 21 heavy (non-hydrogen) atoms. The van der Waals surface area contributed by atoms with Gasteiger partial charge in [-0.05, 0) is 29.5 Å². The molecule has 1 aliphatic rings. The summed E-state index contributed by atoms with van der Waals surface area (Å²) < 4.78 is 24.5. The van der Waals surface area contributed by atoms with Crippen molar-refractivity contribution in [1.29, 1.82) is 5.26 Å². The molecule has 1 saturated heterocycles. The molecule has 1 heterocycles. The average Bonchev–Trinajstić information content (AvgIpc) is 2.41. The van der Waals surface area contributed by atoms with Crippen molar-refractivity contribution in [3.8, 4) is 6.07 Å². The predicted molar refractivity (Wildman–Crippen MR) is 77.5 cm³/mol. The molecule has 0 radical (unpaired) electrons. The molecule has 0 amide bonds. The molecular weight excluding hydrogens is 271 g/mol. The number of hydrogen-bond acceptors (Lipinski definition) is 4. The van der Waals surface area contributed by atoms with E-state index in [1.54, 1.807) is 0 Å². The van der Waals surface area contributed by atoms with Gasteiger partial charge in [-0.3, -0.25) is 0 Å². The average molecular weight is 292 g/mol. The third-order valence-electron chi connectivity index (χ3n) is 3.66. The third kappa shape index (κ3) is 3.79. The van der Waals surface area contributed by atoms with Gasteiger partial charge in [0.1, 0.15) is 11.9 Å². The fourth-order valence-corrected chi connectivity index (χ4v) is 2.25. The molecule has 2 N–H and O–H groups in total. The Morgan fingerprint density at radius 1 is 1.48 bits per heavy atom. The van der Waals surface area contributed by atoms with Crippen LogP contribution in [0.4, 0.5) is 4.39 Å². The second kappa shape index (κ2) is 6.52. The molecule has 1 aromatic rings. The highest BCUT2D eigenvalue weighted by Gasteiger charge is 2.34. The van der Waals surface area contributed by atoms with Crippen molar-refractivity contribution in [1.82, 2.24) is 0 Å². The molecule has 114 valence electrons. The van der Waals surface area contributed by atoms with Crippen LogP contribution in [0.15, 0.2) is 12.1 Å². The van der Waals surface area contributed by atoms with Gasteiger partial charge in [0.15, 0.2) is 0 Å². The SMILES string of the molecule is CC(C)c1cc(F)c(C#N)c(CCOCC2(N)COC2)c1. The maximum Gasteiger partial charge on any atom is 0.141 e. The Morgan fingerprint density at radius 3 is 2.71 bits per heavy atom. The summed E-state index contributed by atoms with van der Waals surface area (Å²) in [5.41, 5.74) is 7.27. The van der Waals surface area contributed by atoms with Gasteiger partial charge in [-0.25, -0.2) is 4.39 Å². The highest BCUT2D eigenvalue weighted by atomic mass is 19.1. The zero-order chi connectivity index (χ0) is 15.5. The van der Waals surface area contributed by atoms with E-state index >= 15 is 0 Å². The first-order valence-electron chi connectivity index (χ1n) is 7.12. The van der Waals surface area contributed by atoms with Crippen LogP contribution in [-0.4, -0.2) is 32.0 Å². The Hall–Kier alpha value is -1.48. The highest BCUT2D eigenvalue weighted by Crippen LogP contribution is 2.22. The van der Waals surface area contributed by atoms with Crippen molar-refractivity contribution < 1.29 is 13.9 Å². The highest BCUT2D eigenvalue weighted by molar-refractivity contribution is 5.42. The van der Waals surface area contributed by atoms with Crippen molar-refractivity contribution in [3.63, 3.8) is 0 Å². The van der Waals surface area contributed by atoms with Crippen molar-refractivity contribution in [2.45, 2.75) is 31.7 Å². The number of benzene rings is 1. The zero-order valence-electron chi connectivity index (χ0n) is 12.5. The molecule has 5 heteroatoms. The number of halogens is 1. The van der Waals surface area contributed by atoms with E-state index in [-0.39, 0.29) is 17.0 Å². The number of hydrogen-bond donors (Lipinski definition) is 1. The van der Waals surface area contributed by atoms with Crippen LogP contribution in [-0.2, 0) is 15.9 Å². The Labute approximate surface area is 124 Å². The first kappa shape index (κ1) is 15.9. The lowest BCUT2D eigenvalue weighted by molar-refractivity contribution is -0.0910. The fourth-order valence-electron chi connectivity index (χ4n) is 2.25. The summed E-state index contributed by atoms with van der Waals surface area (Å²) in [5, 5.41) is 9.09. The monoisotopic (exact) mass is 292 g/mol. The van der Waals surface area contributed by atoms with Gasteiger partial charge in [-0.2, -0.15) is 5.26 Å². The zero-order valence-corrected chi connectivity index (χ0v) is 12.5. The van der Waals surface area contributed by atoms with E-state index < -0.39 is 5.82 Å². The van der Waals surface area contributed by atoms with Crippen LogP contribution in [0.1, 0.15) is 36.5 Å². The van der Waals surface area contributed by atoms with Gasteiger partial charge >= 0.3 is 0 Å². The normalized spacial score (nSPS) is 16.6. The van der Waals surface area contributed by atoms with Gasteiger partial charge in [0.05, 0.1) is 37.5 Å². The number of ether oxygens (including phenoxy) is 2. The first-order chi connectivity index (χ1) is 9.95. The second-order valence-electron chi connectivity index (χ2n) is 5.96. The van der Waals surface area contributed by atoms with Gasteiger partial charge in [-0.1, -0.05) is 19.9 Å². The van der Waals surface area contributed by atoms with E-state index in [0.29, 0.717) is 38.4 Å². The van der Waals surface area contributed by atoms with Gasteiger partial charge in [-0.15, -0.1) is 0 Å². The summed E-state index contributed by atoms with van der Waals surface area (Å²) in [4.78, 5) is 0. The standard InChI is InChI=1S/C16H21FN2O2/c1-11(2)13-5-12(14(7-18)15(17)6-13)3-4-20-8-16(19)9-21-10-16/h5-6,11H,3-4,8-10,19H2,1-2H3. The van der Waals surface area contributed by atoms with Crippen LogP contribution >= 0.6 is 0 Å². The number of rotatable bonds is 6. The molecular formula is C16H21FN2O2. The predicted octanol–water partition coefficient (Wildman–Crippen LogP) is 2.11. The maximum atomic E-state index is 13.9. The van der Waals surface area contributed by atoms with Crippen molar-refractivity contribution in [2.75, 3.05) is 26.4 Å². The molecule has 0 aromatic heterocycles. The Kier molecular flexibility index (Phi) is 4.94. The molecule has 0 unspecified atom stereocenters. The Morgan fingerprint density at radius 2 is 2.19 bits per heavy atom. The molecule has 0 spiro atoms. The van der Waals surface area contributed by atoms with Gasteiger partial charge in [0.2, 0.25) is 0 Å². The molecule has 2 rings (SSSR count). The molecule has 1 fully saturated rings. The van der Waals surface area contributed by atoms with Crippen LogP contribution in [0.25, 0.3) is 0 Å². The summed E-state index contributed by atoms with van der Waals surface area (Å²) in [5.74, 6) is -0.243. The van der Waals surface area contributed by atoms with E-state index in [4.69, 9.17) is 20.5 Å². The number of nitrogens with zero attached hydrogens (tertiary/aromatic N) is 1. The van der Waals surface area contributed by atoms with Crippen LogP contribution < -0.4 is 5.73 Å². The molecule has 0 bridgehead atoms. The molecule has 0 atom stereocenters. The van der Waals surface area contributed by atoms with Gasteiger partial charge < -0.3 is 15.2 Å². The number of nitrogens with two attached hydrogens (primary N) is 1. The maximum absolute atomic E-state index is 13.9. The van der Waals surface area contributed by atoms with Crippen molar-refractivity contribution >= 4 is 0 Å². The minimum absolute atomic E-state index is 0.109. The quantitative estimate of drug-likeness (QED) is 0.815. The molecule has 1 aromatic carbocycles. The van der Waals surface area contributed by atoms with Crippen molar-refractivity contribution in [3.05, 3.63) is 34.6 Å². The Balaban J connectivity index is 1.99. The lowest BCUT2D eigenvalue weighted by atomic mass is 9.95. The van der Waals surface area contributed by atoms with E-state index in [9.17, 15) is 4.39 Å². The first-order valence-corrected chi connectivity index (χ1v) is 7.12. The van der Waals surface area contributed by atoms with E-state index in [0.717, 1.165) is 5.56 Å². The van der Waals surface area contributed by atoms with E-state index in [1.165, 1.54) is 6.07 Å². The summed E-state index contributed by atoms with van der Waals surface area (Å²) in [6, 6.07) is 5.26. The van der Waals surface area contributed by atoms with Crippen LogP contribution in [0.2, 0.25) is 0 Å². The molecule has 4 nitrogen and oxygen atoms in total. The minimum Gasteiger partial charge on any atom is -0.379 e. The van der Waals surface area contributed by atoms with Crippen LogP contribution in [0.3, 0.4) is 0 Å². The smallest absolute Gasteiger partial charge is 0.141 e. The van der Waals surface area contributed by atoms with Gasteiger partial charge in [0.25, 0.3) is 0 Å². The van der Waals surface area contributed by atoms with Gasteiger partial charge in [0, 0.05) is 0 Å². The third-order valence-corrected chi connectivity index (χ3v) is 3.66. The summed E-state index contributed by atoms with van der Waals surface area (Å²) in [7, 11) is 0. The van der Waals surface area contributed by atoms with E-state index in [1.807, 2.05) is 26.0 Å². The second-order valence-corrected chi connectivity index (χ2v) is 5.96. The largest absolute Gasteiger partial charge is 0.379 e. The summed E-state index contributed by atoms with van der Waals surface area (Å²) >= 11 is 0. The van der Waals surface area contributed by atoms with Crippen molar-refractivity contribution in [2.24, 2.45) is 5.73 Å². The molecule has 0 aliphatic carbocycles. The Bertz CT molecular complexity index is 548. The summed E-state index contributed by atoms with van der Waals surface area (Å²) in [6.45, 7) is 5.84. The van der Waals surface area contributed by atoms with E-state index in [2.05, 4.69) is 0 Å². The minimum atomic E-state index is -0.457. The lowest BCUT2D eigenvalue weighted by Gasteiger charge is -2.37. The fraction of sp³-hybridized carbons (Fsp3) is 0.562. The van der Waals surface area contributed by atoms with Crippen LogP contribution in [0.5, 0.6) is 0 Å². The topological polar surface area (TPSA) is 68.3 Å². The lowest BCUT2D eigenvalue weighted by Crippen LogP contribution is -2.60. The number of nitriles is 1. The molecule has 0 saturated carbocycles.